The summed E-state index contributed by atoms with van der Waals surface area (Å²) in [7, 11) is 0. The van der Waals surface area contributed by atoms with Crippen LogP contribution in [0.15, 0.2) is 83.7 Å². The first-order valence-electron chi connectivity index (χ1n) is 11.7. The molecule has 0 spiro atoms. The third kappa shape index (κ3) is 5.78. The van der Waals surface area contributed by atoms with Crippen molar-refractivity contribution in [3.63, 3.8) is 0 Å². The van der Waals surface area contributed by atoms with Crippen molar-refractivity contribution in [1.82, 2.24) is 9.78 Å². The molecule has 36 heavy (non-hydrogen) atoms. The Morgan fingerprint density at radius 3 is 2.31 bits per heavy atom. The van der Waals surface area contributed by atoms with Crippen LogP contribution in [0.2, 0.25) is 0 Å². The predicted molar refractivity (Wildman–Crippen MR) is 137 cm³/mol. The maximum atomic E-state index is 12.9. The Balaban J connectivity index is 1.40. The van der Waals surface area contributed by atoms with Crippen molar-refractivity contribution in [3.05, 3.63) is 100 Å². The lowest BCUT2D eigenvalue weighted by Crippen LogP contribution is -2.32. The molecule has 8 nitrogen and oxygen atoms in total. The van der Waals surface area contributed by atoms with Crippen LogP contribution < -0.4 is 15.6 Å². The number of carbonyl (C=O) groups excluding carboxylic acids is 2. The van der Waals surface area contributed by atoms with Gasteiger partial charge in [0.25, 0.3) is 11.5 Å². The van der Waals surface area contributed by atoms with Crippen molar-refractivity contribution in [2.75, 3.05) is 5.32 Å². The molecule has 0 saturated heterocycles. The highest BCUT2D eigenvalue weighted by atomic mass is 16.5. The van der Waals surface area contributed by atoms with E-state index in [1.807, 2.05) is 37.3 Å². The minimum atomic E-state index is -1.08. The van der Waals surface area contributed by atoms with E-state index in [-0.39, 0.29) is 11.3 Å². The molecule has 1 heterocycles. The number of carbonyl (C=O) groups is 2. The molecule has 4 rings (SSSR count). The number of esters is 1. The molecule has 1 amide bonds. The smallest absolute Gasteiger partial charge is 0.360 e. The fourth-order valence-corrected chi connectivity index (χ4v) is 3.64. The zero-order valence-electron chi connectivity index (χ0n) is 20.1. The number of aromatic nitrogens is 2. The molecule has 184 valence electrons. The van der Waals surface area contributed by atoms with Gasteiger partial charge in [-0.05, 0) is 49.2 Å². The van der Waals surface area contributed by atoms with Crippen LogP contribution in [0.3, 0.4) is 0 Å². The van der Waals surface area contributed by atoms with Crippen LogP contribution in [0.4, 0.5) is 5.69 Å². The lowest BCUT2D eigenvalue weighted by Gasteiger charge is -2.15. The maximum absolute atomic E-state index is 12.9. The van der Waals surface area contributed by atoms with Crippen molar-refractivity contribution < 1.29 is 19.1 Å². The minimum Gasteiger partial charge on any atom is -0.489 e. The molecule has 1 N–H and O–H groups in total. The minimum absolute atomic E-state index is 0.00165. The molecule has 0 aliphatic heterocycles. The summed E-state index contributed by atoms with van der Waals surface area (Å²) in [6.45, 7) is 4.20. The van der Waals surface area contributed by atoms with Gasteiger partial charge in [-0.2, -0.15) is 5.10 Å². The van der Waals surface area contributed by atoms with Crippen LogP contribution in [0.5, 0.6) is 5.75 Å². The first kappa shape index (κ1) is 24.7. The summed E-state index contributed by atoms with van der Waals surface area (Å²) in [6.07, 6.45) is -0.409. The van der Waals surface area contributed by atoms with E-state index in [1.165, 1.54) is 11.6 Å². The van der Waals surface area contributed by atoms with E-state index < -0.39 is 18.0 Å². The van der Waals surface area contributed by atoms with Crippen LogP contribution in [0, 0.1) is 0 Å². The average molecular weight is 486 g/mol. The monoisotopic (exact) mass is 485 g/mol. The number of nitrogens with one attached hydrogen (secondary N) is 1. The largest absolute Gasteiger partial charge is 0.489 e. The van der Waals surface area contributed by atoms with Gasteiger partial charge < -0.3 is 14.8 Å². The fourth-order valence-electron chi connectivity index (χ4n) is 3.64. The summed E-state index contributed by atoms with van der Waals surface area (Å²) in [5.74, 6) is -0.604. The number of nitrogens with zero attached hydrogens (tertiary/aromatic N) is 2. The molecule has 4 aromatic rings. The maximum Gasteiger partial charge on any atom is 0.360 e. The van der Waals surface area contributed by atoms with E-state index in [1.54, 1.807) is 48.5 Å². The third-order valence-corrected chi connectivity index (χ3v) is 5.52. The molecule has 0 aliphatic carbocycles. The van der Waals surface area contributed by atoms with Gasteiger partial charge >= 0.3 is 5.97 Å². The van der Waals surface area contributed by atoms with Gasteiger partial charge in [0.2, 0.25) is 0 Å². The zero-order chi connectivity index (χ0) is 25.5. The standard InChI is InChI=1S/C28H27N3O5/c1-3-17-31-27(33)24-12-8-7-11-23(24)25(30-31)28(34)36-19(2)26(32)29-21-13-15-22(16-14-21)35-18-20-9-5-4-6-10-20/h4-16,19H,3,17-18H2,1-2H3,(H,29,32). The van der Waals surface area contributed by atoms with Gasteiger partial charge in [-0.25, -0.2) is 9.48 Å². The Morgan fingerprint density at radius 2 is 1.61 bits per heavy atom. The van der Waals surface area contributed by atoms with E-state index in [9.17, 15) is 14.4 Å². The molecule has 1 atom stereocenters. The van der Waals surface area contributed by atoms with Gasteiger partial charge in [-0.15, -0.1) is 0 Å². The Labute approximate surface area is 208 Å². The topological polar surface area (TPSA) is 99.5 Å². The van der Waals surface area contributed by atoms with E-state index >= 15 is 0 Å². The Hall–Kier alpha value is -4.46. The van der Waals surface area contributed by atoms with Crippen molar-refractivity contribution in [2.45, 2.75) is 39.5 Å². The van der Waals surface area contributed by atoms with Crippen LogP contribution in [0.1, 0.15) is 36.3 Å². The summed E-state index contributed by atoms with van der Waals surface area (Å²) in [5.41, 5.74) is 1.32. The molecule has 0 saturated carbocycles. The van der Waals surface area contributed by atoms with Crippen LogP contribution in [-0.2, 0) is 22.7 Å². The third-order valence-electron chi connectivity index (χ3n) is 5.52. The van der Waals surface area contributed by atoms with Gasteiger partial charge in [-0.3, -0.25) is 9.59 Å². The number of fused-ring (bicyclic) bond motifs is 1. The molecule has 1 unspecified atom stereocenters. The summed E-state index contributed by atoms with van der Waals surface area (Å²) in [5, 5.41) is 7.71. The highest BCUT2D eigenvalue weighted by Gasteiger charge is 2.23. The summed E-state index contributed by atoms with van der Waals surface area (Å²) in [6, 6.07) is 23.5. The quantitative estimate of drug-likeness (QED) is 0.349. The van der Waals surface area contributed by atoms with E-state index in [2.05, 4.69) is 10.4 Å². The molecular formula is C28H27N3O5. The van der Waals surface area contributed by atoms with E-state index in [0.29, 0.717) is 41.8 Å². The Kier molecular flexibility index (Phi) is 7.75. The molecule has 8 heteroatoms. The first-order chi connectivity index (χ1) is 17.5. The molecule has 0 aliphatic rings. The predicted octanol–water partition coefficient (Wildman–Crippen LogP) is 4.57. The van der Waals surface area contributed by atoms with Crippen molar-refractivity contribution in [2.24, 2.45) is 0 Å². The fraction of sp³-hybridized carbons (Fsp3) is 0.214. The number of hydrogen-bond acceptors (Lipinski definition) is 6. The number of benzene rings is 3. The molecular weight excluding hydrogens is 458 g/mol. The highest BCUT2D eigenvalue weighted by molar-refractivity contribution is 6.03. The zero-order valence-corrected chi connectivity index (χ0v) is 20.1. The normalized spacial score (nSPS) is 11.6. The van der Waals surface area contributed by atoms with Crippen LogP contribution in [-0.4, -0.2) is 27.8 Å². The van der Waals surface area contributed by atoms with E-state index in [4.69, 9.17) is 9.47 Å². The number of hydrogen-bond donors (Lipinski definition) is 1. The van der Waals surface area contributed by atoms with Gasteiger partial charge in [0.15, 0.2) is 11.8 Å². The summed E-state index contributed by atoms with van der Waals surface area (Å²) in [4.78, 5) is 38.2. The molecule has 0 bridgehead atoms. The van der Waals surface area contributed by atoms with Gasteiger partial charge in [0.05, 0.1) is 5.39 Å². The van der Waals surface area contributed by atoms with Gasteiger partial charge in [-0.1, -0.05) is 55.5 Å². The first-order valence-corrected chi connectivity index (χ1v) is 11.7. The highest BCUT2D eigenvalue weighted by Crippen LogP contribution is 2.19. The van der Waals surface area contributed by atoms with Crippen molar-refractivity contribution >= 4 is 28.3 Å². The second-order valence-corrected chi connectivity index (χ2v) is 8.26. The Morgan fingerprint density at radius 1 is 0.944 bits per heavy atom. The number of ether oxygens (including phenoxy) is 2. The molecule has 0 radical (unpaired) electrons. The summed E-state index contributed by atoms with van der Waals surface area (Å²) < 4.78 is 12.4. The van der Waals surface area contributed by atoms with Crippen molar-refractivity contribution in [3.8, 4) is 5.75 Å². The second-order valence-electron chi connectivity index (χ2n) is 8.26. The molecule has 3 aromatic carbocycles. The number of anilines is 1. The number of rotatable bonds is 9. The Bertz CT molecular complexity index is 1420. The summed E-state index contributed by atoms with van der Waals surface area (Å²) >= 11 is 0. The number of aryl methyl sites for hydroxylation is 1. The lowest BCUT2D eigenvalue weighted by molar-refractivity contribution is -0.123. The second kappa shape index (κ2) is 11.3. The lowest BCUT2D eigenvalue weighted by atomic mass is 10.1. The molecule has 1 aromatic heterocycles. The average Bonchev–Trinajstić information content (AvgIpc) is 2.90. The SMILES string of the molecule is CCCn1nc(C(=O)OC(C)C(=O)Nc2ccc(OCc3ccccc3)cc2)c2ccccc2c1=O. The molecule has 0 fully saturated rings. The van der Waals surface area contributed by atoms with Crippen LogP contribution >= 0.6 is 0 Å². The van der Waals surface area contributed by atoms with Crippen LogP contribution in [0.25, 0.3) is 10.8 Å². The van der Waals surface area contributed by atoms with Gasteiger partial charge in [0, 0.05) is 17.6 Å². The van der Waals surface area contributed by atoms with E-state index in [0.717, 1.165) is 5.56 Å². The van der Waals surface area contributed by atoms with Gasteiger partial charge in [0.1, 0.15) is 12.4 Å². The number of amides is 1. The van der Waals surface area contributed by atoms with Crippen molar-refractivity contribution in [1.29, 1.82) is 0 Å².